The molecule has 422 valence electrons. The summed E-state index contributed by atoms with van der Waals surface area (Å²) in [7, 11) is -11.0. The first kappa shape index (κ1) is 66.5. The minimum absolute atomic E-state index is 0.00645. The van der Waals surface area contributed by atoms with Crippen LogP contribution in [0, 0.1) is 5.92 Å². The number of aliphatic hydroxyl groups excluding tert-OH is 5. The summed E-state index contributed by atoms with van der Waals surface area (Å²) in [5.74, 6) is -0.884. The van der Waals surface area contributed by atoms with Gasteiger partial charge in [-0.2, -0.15) is 9.29 Å². The van der Waals surface area contributed by atoms with Crippen molar-refractivity contribution in [2.45, 2.75) is 198 Å². The Hall–Kier alpha value is -3.66. The van der Waals surface area contributed by atoms with Crippen molar-refractivity contribution >= 4 is 33.4 Å². The monoisotopic (exact) mass is 1090 g/mol. The van der Waals surface area contributed by atoms with E-state index in [9.17, 15) is 58.8 Å². The van der Waals surface area contributed by atoms with Gasteiger partial charge in [-0.05, 0) is 44.1 Å². The van der Waals surface area contributed by atoms with Gasteiger partial charge in [-0.25, -0.2) is 13.9 Å². The number of nitrogens with two attached hydrogens (primary N) is 1. The van der Waals surface area contributed by atoms with E-state index in [-0.39, 0.29) is 31.5 Å². The number of phosphoric ester groups is 2. The van der Waals surface area contributed by atoms with Crippen LogP contribution in [0.5, 0.6) is 0 Å². The van der Waals surface area contributed by atoms with Gasteiger partial charge in [0, 0.05) is 19.0 Å². The fourth-order valence-corrected chi connectivity index (χ4v) is 9.60. The summed E-state index contributed by atoms with van der Waals surface area (Å²) in [6.07, 6.45) is 23.9. The van der Waals surface area contributed by atoms with Gasteiger partial charge in [0.15, 0.2) is 12.3 Å². The Labute approximate surface area is 436 Å². The second kappa shape index (κ2) is 38.0. The number of nitrogens with zero attached hydrogens (tertiary/aromatic N) is 2. The first-order chi connectivity index (χ1) is 35.2. The summed E-state index contributed by atoms with van der Waals surface area (Å²) in [4.78, 5) is 62.0. The smallest absolute Gasteiger partial charge is 0.462 e. The molecule has 2 unspecified atom stereocenters. The highest BCUT2D eigenvalue weighted by Crippen LogP contribution is 2.60. The van der Waals surface area contributed by atoms with Crippen LogP contribution in [0.15, 0.2) is 77.8 Å². The first-order valence-corrected chi connectivity index (χ1v) is 29.0. The van der Waals surface area contributed by atoms with Gasteiger partial charge in [0.25, 0.3) is 0 Å². The average Bonchev–Trinajstić information content (AvgIpc) is 3.62. The number of carbonyl (C=O) groups excluding carboxylic acids is 2. The Morgan fingerprint density at radius 2 is 1.32 bits per heavy atom. The lowest BCUT2D eigenvalue weighted by molar-refractivity contribution is -0.161. The molecule has 0 saturated carbocycles. The molecule has 1 aromatic heterocycles. The van der Waals surface area contributed by atoms with Crippen LogP contribution < -0.4 is 11.4 Å². The molecule has 0 spiro atoms. The van der Waals surface area contributed by atoms with Gasteiger partial charge >= 0.3 is 33.3 Å². The van der Waals surface area contributed by atoms with Crippen molar-refractivity contribution in [3.63, 3.8) is 0 Å². The zero-order chi connectivity index (χ0) is 54.8. The predicted octanol–water partition coefficient (Wildman–Crippen LogP) is 7.49. The van der Waals surface area contributed by atoms with Gasteiger partial charge < -0.3 is 55.3 Å². The lowest BCUT2D eigenvalue weighted by Crippen LogP contribution is -2.36. The molecule has 9 N–H and O–H groups in total. The number of ether oxygens (including phenoxy) is 3. The Bertz CT molecular complexity index is 2050. The second-order valence-electron chi connectivity index (χ2n) is 18.7. The third-order valence-corrected chi connectivity index (χ3v) is 14.2. The molecule has 2 rings (SSSR count). The number of hydrogen-bond donors (Lipinski definition) is 8. The molecule has 10 atom stereocenters. The number of aliphatic hydroxyl groups is 5. The van der Waals surface area contributed by atoms with Crippen molar-refractivity contribution in [1.82, 2.24) is 9.55 Å². The molecule has 23 heteroatoms. The number of phosphoric acid groups is 2. The number of allylic oxidation sites excluding steroid dienone is 7. The topological polar surface area (TPSA) is 326 Å². The van der Waals surface area contributed by atoms with E-state index in [0.29, 0.717) is 12.8 Å². The molecule has 74 heavy (non-hydrogen) atoms. The van der Waals surface area contributed by atoms with Crippen molar-refractivity contribution in [2.75, 3.05) is 25.6 Å². The molecule has 0 bridgehead atoms. The van der Waals surface area contributed by atoms with Crippen LogP contribution in [0.3, 0.4) is 0 Å². The summed E-state index contributed by atoms with van der Waals surface area (Å²) in [6.45, 7) is 3.93. The maximum atomic E-state index is 12.9. The number of esters is 2. The maximum absolute atomic E-state index is 12.9. The van der Waals surface area contributed by atoms with E-state index in [0.717, 1.165) is 55.2 Å². The van der Waals surface area contributed by atoms with Crippen LogP contribution in [0.4, 0.5) is 5.82 Å². The maximum Gasteiger partial charge on any atom is 0.481 e. The Morgan fingerprint density at radius 1 is 0.757 bits per heavy atom. The number of aromatic nitrogens is 2. The molecule has 0 radical (unpaired) electrons. The van der Waals surface area contributed by atoms with Crippen molar-refractivity contribution < 1.29 is 81.6 Å². The zero-order valence-electron chi connectivity index (χ0n) is 43.4. The quantitative estimate of drug-likeness (QED) is 0.0103. The fourth-order valence-electron chi connectivity index (χ4n) is 7.49. The second-order valence-corrected chi connectivity index (χ2v) is 21.7. The third-order valence-electron chi connectivity index (χ3n) is 11.6. The van der Waals surface area contributed by atoms with Crippen LogP contribution in [0.2, 0.25) is 0 Å². The summed E-state index contributed by atoms with van der Waals surface area (Å²) in [5, 5.41) is 51.5. The predicted molar refractivity (Wildman–Crippen MR) is 279 cm³/mol. The van der Waals surface area contributed by atoms with Crippen LogP contribution >= 0.6 is 15.6 Å². The number of rotatable bonds is 41. The standard InChI is InChI=1S/C51H85N3O18P2/c1-4-5-21-28-40(55)29-23-18-15-16-19-24-30-42(56)43(57)31-26-33-46(58)67-36-41(70-47(59)32-25-20-14-12-10-8-6-7-9-11-13-17-22-27-39(2)3)37-68-73(63,64)72-74(65,66)69-38-44-48(60)49(61)50(71-44)54-35-34-45(52)53-51(54)62/h5,15-16,18-19,21,23-24,29-30,34-35,39-44,48-50,55-57,60-61H,4,6-14,17,20,22,25-28,31-33,36-38H2,1-3H3,(H,63,64)(H,65,66)(H2,52,53,62)/b18-15+,19-16-,21-5-,29-23+,30-24-/t40-,41-,42+,43+,44-,48-,49-,50-/m1/s1. The average molecular weight is 1090 g/mol. The number of anilines is 1. The van der Waals surface area contributed by atoms with E-state index in [2.05, 4.69) is 23.1 Å². The van der Waals surface area contributed by atoms with Crippen molar-refractivity contribution in [3.8, 4) is 0 Å². The molecule has 1 aliphatic rings. The number of nitrogen functional groups attached to an aromatic ring is 1. The SMILES string of the molecule is CC/C=C\C[C@@H](O)/C=C/C=C/C=C\C=C/[C@H](O)[C@@H](O)CCCC(=O)OC[C@H](COP(=O)(O)OP(=O)(O)OC[C@H]1O[C@@H](n2ccc(N)nc2=O)[C@H](O)[C@@H]1O)OC(=O)CCCCCCCCCCCCCCCC(C)C. The van der Waals surface area contributed by atoms with Gasteiger partial charge in [-0.1, -0.05) is 165 Å². The molecule has 0 aromatic carbocycles. The molecular formula is C51H85N3O18P2. The molecule has 21 nitrogen and oxygen atoms in total. The van der Waals surface area contributed by atoms with Crippen LogP contribution in [0.1, 0.15) is 155 Å². The molecule has 1 saturated heterocycles. The summed E-state index contributed by atoms with van der Waals surface area (Å²) >= 11 is 0. The molecule has 1 fully saturated rings. The number of carbonyl (C=O) groups is 2. The highest BCUT2D eigenvalue weighted by atomic mass is 31.3. The zero-order valence-corrected chi connectivity index (χ0v) is 45.2. The highest BCUT2D eigenvalue weighted by Gasteiger charge is 2.46. The molecular weight excluding hydrogens is 1000 g/mol. The van der Waals surface area contributed by atoms with Crippen molar-refractivity contribution in [1.29, 1.82) is 0 Å². The Morgan fingerprint density at radius 3 is 1.93 bits per heavy atom. The lowest BCUT2D eigenvalue weighted by atomic mass is 10.0. The van der Waals surface area contributed by atoms with Crippen LogP contribution in [0.25, 0.3) is 0 Å². The molecule has 0 aliphatic carbocycles. The summed E-state index contributed by atoms with van der Waals surface area (Å²) in [5.41, 5.74) is 4.56. The van der Waals surface area contributed by atoms with E-state index in [1.54, 1.807) is 36.5 Å². The molecule has 0 amide bonds. The summed E-state index contributed by atoms with van der Waals surface area (Å²) in [6, 6.07) is 1.23. The minimum atomic E-state index is -5.50. The van der Waals surface area contributed by atoms with Gasteiger partial charge in [-0.3, -0.25) is 23.2 Å². The van der Waals surface area contributed by atoms with Crippen molar-refractivity contribution in [3.05, 3.63) is 83.5 Å². The van der Waals surface area contributed by atoms with Gasteiger partial charge in [0.1, 0.15) is 30.7 Å². The van der Waals surface area contributed by atoms with Crippen LogP contribution in [-0.4, -0.2) is 119 Å². The van der Waals surface area contributed by atoms with Crippen molar-refractivity contribution in [2.24, 2.45) is 5.92 Å². The first-order valence-electron chi connectivity index (χ1n) is 26.0. The van der Waals surface area contributed by atoms with E-state index < -0.39 is 102 Å². The van der Waals surface area contributed by atoms with E-state index in [1.165, 1.54) is 69.6 Å². The molecule has 1 aromatic rings. The number of unbranched alkanes of at least 4 members (excludes halogenated alkanes) is 12. The third kappa shape index (κ3) is 30.8. The van der Waals surface area contributed by atoms with Gasteiger partial charge in [-0.15, -0.1) is 0 Å². The fraction of sp³-hybridized carbons (Fsp3) is 0.686. The minimum Gasteiger partial charge on any atom is -0.462 e. The Kier molecular flexibility index (Phi) is 34.1. The largest absolute Gasteiger partial charge is 0.481 e. The highest BCUT2D eigenvalue weighted by molar-refractivity contribution is 7.61. The van der Waals surface area contributed by atoms with Gasteiger partial charge in [0.05, 0.1) is 31.5 Å². The number of hydrogen-bond acceptors (Lipinski definition) is 18. The van der Waals surface area contributed by atoms with Crippen LogP contribution in [-0.2, 0) is 46.3 Å². The summed E-state index contributed by atoms with van der Waals surface area (Å²) < 4.78 is 56.5. The van der Waals surface area contributed by atoms with E-state index in [4.69, 9.17) is 29.0 Å². The van der Waals surface area contributed by atoms with E-state index in [1.807, 2.05) is 19.1 Å². The lowest BCUT2D eigenvalue weighted by Gasteiger charge is -2.21. The van der Waals surface area contributed by atoms with Gasteiger partial charge in [0.2, 0.25) is 0 Å². The molecule has 1 aliphatic heterocycles. The Balaban J connectivity index is 1.88. The van der Waals surface area contributed by atoms with E-state index >= 15 is 0 Å². The normalized spacial score (nSPS) is 20.7. The molecule has 2 heterocycles.